The first-order valence-corrected chi connectivity index (χ1v) is 4.90. The molecule has 84 valence electrons. The Hall–Kier alpha value is -0.290. The molecule has 0 amide bonds. The highest BCUT2D eigenvalue weighted by molar-refractivity contribution is 4.83. The molecule has 0 bridgehead atoms. The lowest BCUT2D eigenvalue weighted by Crippen LogP contribution is -2.49. The van der Waals surface area contributed by atoms with Crippen LogP contribution < -0.4 is 5.32 Å². The molecule has 2 atom stereocenters. The Labute approximate surface area is 82.5 Å². The molecule has 0 aromatic rings. The lowest BCUT2D eigenvalue weighted by molar-refractivity contribution is -0.153. The zero-order chi connectivity index (χ0) is 10.8. The van der Waals surface area contributed by atoms with Gasteiger partial charge in [-0.15, -0.1) is 0 Å². The average molecular weight is 210 g/mol. The maximum absolute atomic E-state index is 12.1. The van der Waals surface area contributed by atoms with Crippen molar-refractivity contribution in [2.24, 2.45) is 0 Å². The summed E-state index contributed by atoms with van der Waals surface area (Å²) in [6.45, 7) is 1.62. The number of piperidine rings is 1. The van der Waals surface area contributed by atoms with Crippen molar-refractivity contribution in [3.63, 3.8) is 0 Å². The Bertz CT molecular complexity index is 181. The van der Waals surface area contributed by atoms with E-state index in [1.165, 1.54) is 4.90 Å². The largest absolute Gasteiger partial charge is 0.401 e. The average Bonchev–Trinajstić information content (AvgIpc) is 2.06. The summed E-state index contributed by atoms with van der Waals surface area (Å²) in [6, 6.07) is 0.386. The van der Waals surface area contributed by atoms with Crippen LogP contribution in [0.1, 0.15) is 19.8 Å². The van der Waals surface area contributed by atoms with Gasteiger partial charge in [0.25, 0.3) is 0 Å². The third kappa shape index (κ3) is 3.46. The van der Waals surface area contributed by atoms with Crippen LogP contribution in [0, 0.1) is 0 Å². The maximum atomic E-state index is 12.1. The van der Waals surface area contributed by atoms with E-state index in [1.807, 2.05) is 14.0 Å². The minimum Gasteiger partial charge on any atom is -0.317 e. The van der Waals surface area contributed by atoms with E-state index in [4.69, 9.17) is 0 Å². The third-order valence-electron chi connectivity index (χ3n) is 2.80. The fraction of sp³-hybridized carbons (Fsp3) is 1.00. The Morgan fingerprint density at radius 3 is 2.50 bits per heavy atom. The maximum Gasteiger partial charge on any atom is 0.401 e. The topological polar surface area (TPSA) is 15.3 Å². The number of alkyl halides is 3. The van der Waals surface area contributed by atoms with Crippen molar-refractivity contribution in [3.8, 4) is 0 Å². The van der Waals surface area contributed by atoms with E-state index in [0.717, 1.165) is 12.8 Å². The number of hydrogen-bond donors (Lipinski definition) is 1. The predicted octanol–water partition coefficient (Wildman–Crippen LogP) is 1.62. The van der Waals surface area contributed by atoms with Crippen LogP contribution in [0.4, 0.5) is 13.2 Å². The highest BCUT2D eigenvalue weighted by Crippen LogP contribution is 2.23. The molecule has 0 aromatic carbocycles. The van der Waals surface area contributed by atoms with Crippen molar-refractivity contribution in [3.05, 3.63) is 0 Å². The molecule has 0 saturated carbocycles. The second kappa shape index (κ2) is 4.49. The zero-order valence-electron chi connectivity index (χ0n) is 8.56. The van der Waals surface area contributed by atoms with Crippen molar-refractivity contribution in [1.29, 1.82) is 0 Å². The molecule has 0 spiro atoms. The Balaban J connectivity index is 2.42. The second-order valence-electron chi connectivity index (χ2n) is 3.94. The van der Waals surface area contributed by atoms with Crippen LogP contribution in [0.15, 0.2) is 0 Å². The summed E-state index contributed by atoms with van der Waals surface area (Å²) in [6.07, 6.45) is -2.47. The molecule has 1 aliphatic heterocycles. The summed E-state index contributed by atoms with van der Waals surface area (Å²) in [4.78, 5) is 1.51. The van der Waals surface area contributed by atoms with Crippen molar-refractivity contribution in [1.82, 2.24) is 10.2 Å². The molecule has 1 heterocycles. The summed E-state index contributed by atoms with van der Waals surface area (Å²) in [5.74, 6) is 0. The van der Waals surface area contributed by atoms with Gasteiger partial charge in [0, 0.05) is 18.6 Å². The molecule has 0 aromatic heterocycles. The summed E-state index contributed by atoms with van der Waals surface area (Å²) in [5.41, 5.74) is 0. The SMILES string of the molecule is CNC1CCN(CC(F)(F)F)C(C)C1. The quantitative estimate of drug-likeness (QED) is 0.745. The van der Waals surface area contributed by atoms with E-state index in [1.54, 1.807) is 0 Å². The van der Waals surface area contributed by atoms with Gasteiger partial charge in [-0.3, -0.25) is 4.90 Å². The lowest BCUT2D eigenvalue weighted by atomic mass is 9.98. The van der Waals surface area contributed by atoms with Crippen LogP contribution >= 0.6 is 0 Å². The molecule has 1 N–H and O–H groups in total. The normalized spacial score (nSPS) is 30.6. The molecule has 1 aliphatic rings. The second-order valence-corrected chi connectivity index (χ2v) is 3.94. The molecule has 0 radical (unpaired) electrons. The number of nitrogens with one attached hydrogen (secondary N) is 1. The van der Waals surface area contributed by atoms with Gasteiger partial charge in [-0.1, -0.05) is 0 Å². The number of likely N-dealkylation sites (tertiary alicyclic amines) is 1. The Kier molecular flexibility index (Phi) is 3.78. The van der Waals surface area contributed by atoms with Crippen LogP contribution in [-0.4, -0.2) is 43.3 Å². The monoisotopic (exact) mass is 210 g/mol. The lowest BCUT2D eigenvalue weighted by Gasteiger charge is -2.37. The fourth-order valence-electron chi connectivity index (χ4n) is 1.95. The Morgan fingerprint density at radius 2 is 2.07 bits per heavy atom. The number of halogens is 3. The molecule has 1 saturated heterocycles. The number of rotatable bonds is 2. The van der Waals surface area contributed by atoms with Gasteiger partial charge in [0.05, 0.1) is 6.54 Å². The van der Waals surface area contributed by atoms with E-state index in [9.17, 15) is 13.2 Å². The van der Waals surface area contributed by atoms with E-state index >= 15 is 0 Å². The molecule has 1 rings (SSSR count). The molecule has 2 unspecified atom stereocenters. The van der Waals surface area contributed by atoms with Crippen molar-refractivity contribution >= 4 is 0 Å². The molecular formula is C9H17F3N2. The zero-order valence-corrected chi connectivity index (χ0v) is 8.56. The minimum atomic E-state index is -4.07. The molecule has 0 aliphatic carbocycles. The number of hydrogen-bond acceptors (Lipinski definition) is 2. The Morgan fingerprint density at radius 1 is 1.43 bits per heavy atom. The van der Waals surface area contributed by atoms with Gasteiger partial charge in [-0.25, -0.2) is 0 Å². The van der Waals surface area contributed by atoms with E-state index in [2.05, 4.69) is 5.32 Å². The van der Waals surface area contributed by atoms with Gasteiger partial charge < -0.3 is 5.32 Å². The summed E-state index contributed by atoms with van der Waals surface area (Å²) in [7, 11) is 1.86. The van der Waals surface area contributed by atoms with Crippen LogP contribution in [0.5, 0.6) is 0 Å². The third-order valence-corrected chi connectivity index (χ3v) is 2.80. The van der Waals surface area contributed by atoms with E-state index < -0.39 is 12.7 Å². The molecule has 2 nitrogen and oxygen atoms in total. The van der Waals surface area contributed by atoms with Gasteiger partial charge in [0.1, 0.15) is 0 Å². The number of nitrogens with zero attached hydrogens (tertiary/aromatic N) is 1. The smallest absolute Gasteiger partial charge is 0.317 e. The van der Waals surface area contributed by atoms with Gasteiger partial charge in [-0.2, -0.15) is 13.2 Å². The van der Waals surface area contributed by atoms with Crippen LogP contribution in [0.2, 0.25) is 0 Å². The van der Waals surface area contributed by atoms with Crippen molar-refractivity contribution in [2.75, 3.05) is 20.1 Å². The van der Waals surface area contributed by atoms with Gasteiger partial charge in [-0.05, 0) is 26.8 Å². The molecule has 5 heteroatoms. The molecule has 1 fully saturated rings. The highest BCUT2D eigenvalue weighted by Gasteiger charge is 2.35. The first-order chi connectivity index (χ1) is 6.42. The standard InChI is InChI=1S/C9H17F3N2/c1-7-5-8(13-2)3-4-14(7)6-9(10,11)12/h7-8,13H,3-6H2,1-2H3. The van der Waals surface area contributed by atoms with Gasteiger partial charge in [0.2, 0.25) is 0 Å². The van der Waals surface area contributed by atoms with E-state index in [-0.39, 0.29) is 6.04 Å². The summed E-state index contributed by atoms with van der Waals surface area (Å²) >= 11 is 0. The summed E-state index contributed by atoms with van der Waals surface area (Å²) in [5, 5.41) is 3.11. The highest BCUT2D eigenvalue weighted by atomic mass is 19.4. The van der Waals surface area contributed by atoms with Crippen molar-refractivity contribution < 1.29 is 13.2 Å². The van der Waals surface area contributed by atoms with Gasteiger partial charge >= 0.3 is 6.18 Å². The van der Waals surface area contributed by atoms with Gasteiger partial charge in [0.15, 0.2) is 0 Å². The minimum absolute atomic E-state index is 0.0165. The van der Waals surface area contributed by atoms with Crippen molar-refractivity contribution in [2.45, 2.75) is 38.0 Å². The first kappa shape index (κ1) is 11.8. The van der Waals surface area contributed by atoms with Crippen LogP contribution in [0.25, 0.3) is 0 Å². The van der Waals surface area contributed by atoms with E-state index in [0.29, 0.717) is 12.6 Å². The summed E-state index contributed by atoms with van der Waals surface area (Å²) < 4.78 is 36.4. The molecular weight excluding hydrogens is 193 g/mol. The van der Waals surface area contributed by atoms with Crippen LogP contribution in [-0.2, 0) is 0 Å². The molecule has 14 heavy (non-hydrogen) atoms. The predicted molar refractivity (Wildman–Crippen MR) is 49.2 cm³/mol. The first-order valence-electron chi connectivity index (χ1n) is 4.90. The van der Waals surface area contributed by atoms with Crippen LogP contribution in [0.3, 0.4) is 0 Å². The fourth-order valence-corrected chi connectivity index (χ4v) is 1.95.